The van der Waals surface area contributed by atoms with Gasteiger partial charge in [-0.1, -0.05) is 104 Å². The molecule has 0 atom stereocenters. The van der Waals surface area contributed by atoms with E-state index in [2.05, 4.69) is 38.3 Å². The summed E-state index contributed by atoms with van der Waals surface area (Å²) in [6.07, 6.45) is 18.8. The van der Waals surface area contributed by atoms with Crippen LogP contribution >= 0.6 is 0 Å². The minimum absolute atomic E-state index is 0. The number of allylic oxidation sites excluding steroid dienone is 8. The van der Waals surface area contributed by atoms with Crippen molar-refractivity contribution in [3.63, 3.8) is 0 Å². The van der Waals surface area contributed by atoms with Gasteiger partial charge in [-0.2, -0.15) is 12.8 Å². The monoisotopic (exact) mass is 1230 g/mol. The van der Waals surface area contributed by atoms with Gasteiger partial charge >= 0.3 is 0 Å². The molecular formula is C60H73N6Nd2O4-. The number of hydrogen-bond donors (Lipinski definition) is 6. The van der Waals surface area contributed by atoms with Crippen molar-refractivity contribution in [2.45, 2.75) is 128 Å². The van der Waals surface area contributed by atoms with Gasteiger partial charge in [0.15, 0.2) is 0 Å². The zero-order valence-electron chi connectivity index (χ0n) is 44.4. The normalized spacial score (nSPS) is 16.4. The quantitative estimate of drug-likeness (QED) is 0.0971. The van der Waals surface area contributed by atoms with E-state index < -0.39 is 0 Å². The van der Waals surface area contributed by atoms with Crippen molar-refractivity contribution in [2.75, 3.05) is 0 Å². The van der Waals surface area contributed by atoms with E-state index >= 15 is 0 Å². The van der Waals surface area contributed by atoms with Crippen molar-refractivity contribution in [3.05, 3.63) is 216 Å². The molecule has 0 aromatic heterocycles. The summed E-state index contributed by atoms with van der Waals surface area (Å²) in [5, 5.41) is 18.8. The van der Waals surface area contributed by atoms with Crippen molar-refractivity contribution < 1.29 is 101 Å². The predicted molar refractivity (Wildman–Crippen MR) is 285 cm³/mol. The van der Waals surface area contributed by atoms with E-state index in [9.17, 15) is 19.2 Å². The first-order chi connectivity index (χ1) is 33.4. The van der Waals surface area contributed by atoms with Crippen LogP contribution in [0.5, 0.6) is 0 Å². The molecule has 0 bridgehead atoms. The molecule has 7 rings (SSSR count). The van der Waals surface area contributed by atoms with Gasteiger partial charge in [0.05, 0.1) is 11.4 Å². The standard InChI is InChI=1S/2C27H31N3O2.C6H11.2Nd/c2*1-16-10-7-11-17(2)24(16)26(31)28-20(5)22-14-9-15-23(30-22)21(6)29-27(32)25-18(3)12-8-13-19(25)4;1-2-4-6-5-3-1;;/h2*7-14,30H,15H2,1-6H3,(H,28,31)(H,29,32);1H,2-6H2;;/q;;-1;;. The van der Waals surface area contributed by atoms with Crippen molar-refractivity contribution >= 4 is 23.6 Å². The largest absolute Gasteiger partial charge is 0.356 e. The van der Waals surface area contributed by atoms with Crippen LogP contribution in [0.2, 0.25) is 0 Å². The summed E-state index contributed by atoms with van der Waals surface area (Å²) in [5.41, 5.74) is 16.7. The number of amides is 4. The number of carbonyl (C=O) groups is 4. The van der Waals surface area contributed by atoms with Gasteiger partial charge in [0.1, 0.15) is 0 Å². The minimum Gasteiger partial charge on any atom is -0.356 e. The smallest absolute Gasteiger partial charge is 0.256 e. The molecule has 10 nitrogen and oxygen atoms in total. The van der Waals surface area contributed by atoms with E-state index in [1.165, 1.54) is 32.1 Å². The van der Waals surface area contributed by atoms with Crippen LogP contribution < -0.4 is 31.9 Å². The van der Waals surface area contributed by atoms with Crippen LogP contribution in [0.15, 0.2) is 143 Å². The molecule has 0 unspecified atom stereocenters. The van der Waals surface area contributed by atoms with Gasteiger partial charge in [-0.15, -0.1) is 0 Å². The average Bonchev–Trinajstić information content (AvgIpc) is 3.32. The molecule has 1 saturated carbocycles. The van der Waals surface area contributed by atoms with Crippen molar-refractivity contribution in [2.24, 2.45) is 0 Å². The van der Waals surface area contributed by atoms with E-state index in [-0.39, 0.29) is 105 Å². The maximum absolute atomic E-state index is 12.9. The first-order valence-corrected chi connectivity index (χ1v) is 24.4. The van der Waals surface area contributed by atoms with Gasteiger partial charge in [0.25, 0.3) is 23.6 Å². The topological polar surface area (TPSA) is 140 Å². The Labute approximate surface area is 495 Å². The molecular weight excluding hydrogens is 1160 g/mol. The first kappa shape index (κ1) is 61.8. The number of carbonyl (C=O) groups excluding carboxylic acids is 4. The van der Waals surface area contributed by atoms with Crippen molar-refractivity contribution in [3.8, 4) is 0 Å². The van der Waals surface area contributed by atoms with Crippen LogP contribution in [0, 0.1) is 143 Å². The van der Waals surface area contributed by atoms with Gasteiger partial charge in [-0.05, 0) is 140 Å². The summed E-state index contributed by atoms with van der Waals surface area (Å²) in [6, 6.07) is 23.3. The Hall–Kier alpha value is -4.50. The fraction of sp³-hybridized carbons (Fsp3) is 0.317. The van der Waals surface area contributed by atoms with Crippen molar-refractivity contribution in [1.82, 2.24) is 31.9 Å². The molecule has 3 aliphatic rings. The molecule has 4 aromatic carbocycles. The van der Waals surface area contributed by atoms with Crippen molar-refractivity contribution in [1.29, 1.82) is 0 Å². The molecule has 12 heteroatoms. The third kappa shape index (κ3) is 17.3. The second-order valence-corrected chi connectivity index (χ2v) is 18.6. The Morgan fingerprint density at radius 1 is 0.403 bits per heavy atom. The fourth-order valence-corrected chi connectivity index (χ4v) is 8.84. The number of rotatable bonds is 8. The minimum atomic E-state index is -0.128. The number of nitrogens with one attached hydrogen (secondary N) is 6. The molecule has 0 radical (unpaired) electrons. The summed E-state index contributed by atoms with van der Waals surface area (Å²) in [5.74, 6) is -0.492. The van der Waals surface area contributed by atoms with Gasteiger partial charge in [-0.3, -0.25) is 19.2 Å². The molecule has 376 valence electrons. The van der Waals surface area contributed by atoms with Crippen LogP contribution in [-0.4, -0.2) is 23.6 Å². The molecule has 4 aromatic rings. The molecule has 2 heterocycles. The Kier molecular flexibility index (Phi) is 25.8. The second-order valence-electron chi connectivity index (χ2n) is 18.6. The van der Waals surface area contributed by atoms with Crippen LogP contribution in [-0.2, 0) is 0 Å². The maximum atomic E-state index is 12.9. The third-order valence-corrected chi connectivity index (χ3v) is 12.9. The van der Waals surface area contributed by atoms with Gasteiger partial charge < -0.3 is 38.3 Å². The Bertz CT molecular complexity index is 2550. The zero-order valence-corrected chi connectivity index (χ0v) is 50.8. The molecule has 1 aliphatic carbocycles. The van der Waals surface area contributed by atoms with Crippen LogP contribution in [0.1, 0.15) is 159 Å². The zero-order chi connectivity index (χ0) is 51.1. The average molecular weight is 1230 g/mol. The fourth-order valence-electron chi connectivity index (χ4n) is 8.84. The Morgan fingerprint density at radius 3 is 0.875 bits per heavy atom. The summed E-state index contributed by atoms with van der Waals surface area (Å²) < 4.78 is 0. The molecule has 6 N–H and O–H groups in total. The number of benzene rings is 4. The van der Waals surface area contributed by atoms with Gasteiger partial charge in [0, 0.05) is 151 Å². The summed E-state index contributed by atoms with van der Waals surface area (Å²) in [6.45, 7) is 23.0. The third-order valence-electron chi connectivity index (χ3n) is 12.9. The van der Waals surface area contributed by atoms with Crippen LogP contribution in [0.25, 0.3) is 0 Å². The van der Waals surface area contributed by atoms with Gasteiger partial charge in [0.2, 0.25) is 0 Å². The van der Waals surface area contributed by atoms with E-state index in [0.29, 0.717) is 35.1 Å². The van der Waals surface area contributed by atoms with E-state index in [1.807, 2.05) is 180 Å². The molecule has 0 spiro atoms. The molecule has 2 aliphatic heterocycles. The number of aryl methyl sites for hydroxylation is 8. The predicted octanol–water partition coefficient (Wildman–Crippen LogP) is 12.3. The van der Waals surface area contributed by atoms with E-state index in [1.54, 1.807) is 0 Å². The summed E-state index contributed by atoms with van der Waals surface area (Å²) in [7, 11) is 0. The SMILES string of the molecule is CC(NC(=O)c1c(C)cccc1C)=C1C=CCC(=C(C)NC(=O)c2c(C)cccc2C)N1.CC(NC(=O)c1c(C)cccc1C)=C1C=CCC(=C(C)NC(=O)c2c(C)cccc2C)N1.[CH-]1CCCCC1.[Nd].[Nd]. The Morgan fingerprint density at radius 2 is 0.653 bits per heavy atom. The Balaban J connectivity index is 0.000000331. The second kappa shape index (κ2) is 30.0. The summed E-state index contributed by atoms with van der Waals surface area (Å²) >= 11 is 0. The van der Waals surface area contributed by atoms with E-state index in [0.717, 1.165) is 90.1 Å². The van der Waals surface area contributed by atoms with E-state index in [4.69, 9.17) is 0 Å². The molecule has 0 saturated heterocycles. The first-order valence-electron chi connectivity index (χ1n) is 24.4. The molecule has 4 amide bonds. The maximum Gasteiger partial charge on any atom is 0.256 e. The molecule has 72 heavy (non-hydrogen) atoms. The van der Waals surface area contributed by atoms with Crippen LogP contribution in [0.4, 0.5) is 0 Å². The molecule has 1 fully saturated rings. The summed E-state index contributed by atoms with van der Waals surface area (Å²) in [4.78, 5) is 51.4. The van der Waals surface area contributed by atoms with Gasteiger partial charge in [-0.25, -0.2) is 0 Å². The number of hydrogen-bond acceptors (Lipinski definition) is 6. The van der Waals surface area contributed by atoms with Crippen LogP contribution in [0.3, 0.4) is 0 Å².